The predicted molar refractivity (Wildman–Crippen MR) is 92.7 cm³/mol. The van der Waals surface area contributed by atoms with Crippen LogP contribution in [0.25, 0.3) is 10.4 Å². The highest BCUT2D eigenvalue weighted by Crippen LogP contribution is 2.38. The molecule has 2 aliphatic heterocycles. The topological polar surface area (TPSA) is 125 Å². The number of hydrogen-bond donors (Lipinski definition) is 1. The fourth-order valence-electron chi connectivity index (χ4n) is 3.44. The smallest absolute Gasteiger partial charge is 0.243 e. The number of nitrogens with zero attached hydrogens (tertiary/aromatic N) is 4. The van der Waals surface area contributed by atoms with Gasteiger partial charge in [0.1, 0.15) is 12.2 Å². The fourth-order valence-corrected chi connectivity index (χ4v) is 5.08. The maximum atomic E-state index is 13.2. The monoisotopic (exact) mass is 382 g/mol. The van der Waals surface area contributed by atoms with E-state index in [-0.39, 0.29) is 18.0 Å². The van der Waals surface area contributed by atoms with Crippen LogP contribution < -0.4 is 0 Å². The summed E-state index contributed by atoms with van der Waals surface area (Å²) in [6.07, 6.45) is -2.47. The van der Waals surface area contributed by atoms with E-state index in [0.29, 0.717) is 0 Å². The standard InChI is InChI=1S/C16H22N4O5S/c1-10-4-6-11(7-5-10)26(22,23)20-9-13(21)15-14(12(20)8-18-19-17)24-16(2,3)25-15/h4-7,12-15,21H,8-9H2,1-3H3/t12-,13-,14-,15-/m1/s1. The van der Waals surface area contributed by atoms with Gasteiger partial charge in [0.25, 0.3) is 0 Å². The van der Waals surface area contributed by atoms with Gasteiger partial charge in [0.05, 0.1) is 17.0 Å². The second-order valence-corrected chi connectivity index (χ2v) is 8.89. The molecule has 2 saturated heterocycles. The zero-order chi connectivity index (χ0) is 19.1. The minimum atomic E-state index is -3.91. The Kier molecular flexibility index (Phi) is 5.00. The van der Waals surface area contributed by atoms with Gasteiger partial charge in [0.15, 0.2) is 5.79 Å². The van der Waals surface area contributed by atoms with E-state index in [0.717, 1.165) is 9.87 Å². The van der Waals surface area contributed by atoms with Crippen molar-refractivity contribution in [2.24, 2.45) is 5.11 Å². The Morgan fingerprint density at radius 1 is 1.31 bits per heavy atom. The van der Waals surface area contributed by atoms with Crippen LogP contribution in [0.4, 0.5) is 0 Å². The summed E-state index contributed by atoms with van der Waals surface area (Å²) in [6.45, 7) is 4.97. The Balaban J connectivity index is 2.01. The molecule has 0 spiro atoms. The average Bonchev–Trinajstić information content (AvgIpc) is 2.90. The number of aliphatic hydroxyl groups excluding tert-OH is 1. The highest BCUT2D eigenvalue weighted by atomic mass is 32.2. The van der Waals surface area contributed by atoms with Crippen molar-refractivity contribution in [3.8, 4) is 0 Å². The van der Waals surface area contributed by atoms with Gasteiger partial charge in [-0.2, -0.15) is 4.31 Å². The van der Waals surface area contributed by atoms with Crippen molar-refractivity contribution in [1.29, 1.82) is 0 Å². The molecule has 0 aromatic heterocycles. The lowest BCUT2D eigenvalue weighted by Crippen LogP contribution is -2.62. The van der Waals surface area contributed by atoms with E-state index in [9.17, 15) is 13.5 Å². The largest absolute Gasteiger partial charge is 0.389 e. The van der Waals surface area contributed by atoms with Gasteiger partial charge >= 0.3 is 0 Å². The van der Waals surface area contributed by atoms with E-state index in [4.69, 9.17) is 15.0 Å². The third-order valence-electron chi connectivity index (χ3n) is 4.62. The van der Waals surface area contributed by atoms with Crippen molar-refractivity contribution in [3.63, 3.8) is 0 Å². The molecule has 0 unspecified atom stereocenters. The van der Waals surface area contributed by atoms with Crippen LogP contribution in [0.15, 0.2) is 34.3 Å². The van der Waals surface area contributed by atoms with E-state index in [1.54, 1.807) is 26.0 Å². The van der Waals surface area contributed by atoms with Gasteiger partial charge in [-0.3, -0.25) is 0 Å². The van der Waals surface area contributed by atoms with Crippen LogP contribution in [0.5, 0.6) is 0 Å². The van der Waals surface area contributed by atoms with Gasteiger partial charge in [-0.1, -0.05) is 22.8 Å². The maximum absolute atomic E-state index is 13.2. The Morgan fingerprint density at radius 2 is 1.92 bits per heavy atom. The zero-order valence-corrected chi connectivity index (χ0v) is 15.6. The third kappa shape index (κ3) is 3.44. The first-order valence-electron chi connectivity index (χ1n) is 8.29. The first kappa shape index (κ1) is 19.1. The van der Waals surface area contributed by atoms with Gasteiger partial charge < -0.3 is 14.6 Å². The number of azide groups is 1. The molecule has 9 nitrogen and oxygen atoms in total. The number of β-amino-alcohol motifs (C(OH)–C–C–N with tert-alkyl or cyclic N) is 1. The second kappa shape index (κ2) is 6.80. The van der Waals surface area contributed by atoms with Crippen LogP contribution in [0.1, 0.15) is 19.4 Å². The van der Waals surface area contributed by atoms with Crippen LogP contribution in [0.3, 0.4) is 0 Å². The first-order valence-corrected chi connectivity index (χ1v) is 9.73. The van der Waals surface area contributed by atoms with E-state index in [1.165, 1.54) is 12.1 Å². The van der Waals surface area contributed by atoms with Gasteiger partial charge in [-0.25, -0.2) is 8.42 Å². The van der Waals surface area contributed by atoms with Crippen LogP contribution in [0, 0.1) is 6.92 Å². The molecule has 0 bridgehead atoms. The Bertz CT molecular complexity index is 820. The number of hydrogen-bond acceptors (Lipinski definition) is 6. The molecule has 1 N–H and O–H groups in total. The summed E-state index contributed by atoms with van der Waals surface area (Å²) in [6, 6.07) is 5.67. The second-order valence-electron chi connectivity index (χ2n) is 7.00. The van der Waals surface area contributed by atoms with Crippen molar-refractivity contribution in [2.75, 3.05) is 13.1 Å². The molecule has 26 heavy (non-hydrogen) atoms. The number of ether oxygens (including phenoxy) is 2. The van der Waals surface area contributed by atoms with Crippen molar-refractivity contribution >= 4 is 10.0 Å². The number of aliphatic hydroxyl groups is 1. The molecule has 10 heteroatoms. The van der Waals surface area contributed by atoms with Gasteiger partial charge in [-0.15, -0.1) is 0 Å². The lowest BCUT2D eigenvalue weighted by Gasteiger charge is -2.41. The van der Waals surface area contributed by atoms with E-state index >= 15 is 0 Å². The third-order valence-corrected chi connectivity index (χ3v) is 6.52. The SMILES string of the molecule is Cc1ccc(S(=O)(=O)N2C[C@@H](O)[C@H]3OC(C)(C)O[C@@H]3[C@H]2CN=[N+]=[N-])cc1. The normalized spacial score (nSPS) is 31.2. The molecule has 1 aromatic carbocycles. The van der Waals surface area contributed by atoms with Crippen molar-refractivity contribution in [3.05, 3.63) is 40.3 Å². The Hall–Kier alpha value is -1.68. The quantitative estimate of drug-likeness (QED) is 0.480. The molecule has 2 aliphatic rings. The molecule has 2 heterocycles. The number of fused-ring (bicyclic) bond motifs is 1. The van der Waals surface area contributed by atoms with Gasteiger partial charge in [-0.05, 0) is 38.4 Å². The van der Waals surface area contributed by atoms with Crippen molar-refractivity contribution in [2.45, 2.75) is 55.8 Å². The van der Waals surface area contributed by atoms with Gasteiger partial charge in [0.2, 0.25) is 10.0 Å². The molecule has 0 radical (unpaired) electrons. The van der Waals surface area contributed by atoms with Crippen LogP contribution in [-0.2, 0) is 19.5 Å². The molecule has 1 aromatic rings. The fraction of sp³-hybridized carbons (Fsp3) is 0.625. The van der Waals surface area contributed by atoms with Gasteiger partial charge in [0, 0.05) is 18.0 Å². The summed E-state index contributed by atoms with van der Waals surface area (Å²) < 4.78 is 39.0. The molecule has 0 saturated carbocycles. The predicted octanol–water partition coefficient (Wildman–Crippen LogP) is 1.56. The number of rotatable bonds is 4. The van der Waals surface area contributed by atoms with Crippen molar-refractivity contribution in [1.82, 2.24) is 4.31 Å². The molecule has 3 rings (SSSR count). The Morgan fingerprint density at radius 3 is 2.54 bits per heavy atom. The first-order chi connectivity index (χ1) is 12.2. The molecular weight excluding hydrogens is 360 g/mol. The summed E-state index contributed by atoms with van der Waals surface area (Å²) >= 11 is 0. The maximum Gasteiger partial charge on any atom is 0.243 e. The number of aryl methyl sites for hydroxylation is 1. The van der Waals surface area contributed by atoms with E-state index < -0.39 is 40.2 Å². The summed E-state index contributed by atoms with van der Waals surface area (Å²) in [5, 5.41) is 14.0. The summed E-state index contributed by atoms with van der Waals surface area (Å²) in [5.74, 6) is -0.964. The summed E-state index contributed by atoms with van der Waals surface area (Å²) in [7, 11) is -3.91. The van der Waals surface area contributed by atoms with Crippen LogP contribution >= 0.6 is 0 Å². The summed E-state index contributed by atoms with van der Waals surface area (Å²) in [5.41, 5.74) is 9.63. The highest BCUT2D eigenvalue weighted by molar-refractivity contribution is 7.89. The average molecular weight is 382 g/mol. The molecular formula is C16H22N4O5S. The van der Waals surface area contributed by atoms with Crippen LogP contribution in [-0.4, -0.2) is 61.1 Å². The number of sulfonamides is 1. The highest BCUT2D eigenvalue weighted by Gasteiger charge is 2.55. The Labute approximate surface area is 152 Å². The van der Waals surface area contributed by atoms with E-state index in [1.807, 2.05) is 6.92 Å². The zero-order valence-electron chi connectivity index (χ0n) is 14.8. The molecule has 142 valence electrons. The molecule has 2 fully saturated rings. The van der Waals surface area contributed by atoms with E-state index in [2.05, 4.69) is 10.0 Å². The minimum absolute atomic E-state index is 0.109. The number of benzene rings is 1. The molecule has 0 amide bonds. The lowest BCUT2D eigenvalue weighted by molar-refractivity contribution is -0.153. The molecule has 4 atom stereocenters. The molecule has 0 aliphatic carbocycles. The van der Waals surface area contributed by atoms with Crippen molar-refractivity contribution < 1.29 is 23.0 Å². The minimum Gasteiger partial charge on any atom is -0.389 e. The number of piperidine rings is 1. The van der Waals surface area contributed by atoms with Crippen LogP contribution in [0.2, 0.25) is 0 Å². The lowest BCUT2D eigenvalue weighted by atomic mass is 9.96. The summed E-state index contributed by atoms with van der Waals surface area (Å²) in [4.78, 5) is 2.85.